The molecule has 1 aliphatic carbocycles. The summed E-state index contributed by atoms with van der Waals surface area (Å²) in [5.74, 6) is -0.183. The second-order valence-electron chi connectivity index (χ2n) is 10.2. The van der Waals surface area contributed by atoms with E-state index in [4.69, 9.17) is 5.26 Å². The first-order valence-electron chi connectivity index (χ1n) is 12.4. The first kappa shape index (κ1) is 24.2. The number of H-pyrrole nitrogens is 1. The van der Waals surface area contributed by atoms with Gasteiger partial charge in [-0.25, -0.2) is 4.98 Å². The molecule has 2 N–H and O–H groups in total. The molecule has 0 atom stereocenters. The highest BCUT2D eigenvalue weighted by Crippen LogP contribution is 2.40. The largest absolute Gasteiger partial charge is 0.326 e. The van der Waals surface area contributed by atoms with Gasteiger partial charge >= 0.3 is 0 Å². The molecule has 1 aromatic carbocycles. The molecule has 4 rings (SSSR count). The van der Waals surface area contributed by atoms with E-state index >= 15 is 0 Å². The number of aromatic nitrogens is 2. The molecule has 0 radical (unpaired) electrons. The van der Waals surface area contributed by atoms with E-state index in [1.165, 1.54) is 17.3 Å². The van der Waals surface area contributed by atoms with E-state index in [0.717, 1.165) is 76.2 Å². The molecule has 1 fully saturated rings. The lowest BCUT2D eigenvalue weighted by atomic mass is 9.76. The Kier molecular flexibility index (Phi) is 7.50. The molecule has 7 nitrogen and oxygen atoms in total. The van der Waals surface area contributed by atoms with Crippen molar-refractivity contribution in [2.45, 2.75) is 46.5 Å². The van der Waals surface area contributed by atoms with E-state index in [0.29, 0.717) is 5.41 Å². The van der Waals surface area contributed by atoms with Gasteiger partial charge in [-0.1, -0.05) is 32.9 Å². The molecule has 2 aromatic rings. The molecular weight excluding hydrogens is 424 g/mol. The maximum absolute atomic E-state index is 12.8. The second-order valence-corrected chi connectivity index (χ2v) is 10.2. The third-order valence-electron chi connectivity index (χ3n) is 7.19. The van der Waals surface area contributed by atoms with Gasteiger partial charge in [0.15, 0.2) is 5.82 Å². The number of nitrogens with one attached hydrogen (secondary N) is 2. The van der Waals surface area contributed by atoms with Crippen molar-refractivity contribution in [2.24, 2.45) is 5.41 Å². The summed E-state index contributed by atoms with van der Waals surface area (Å²) >= 11 is 0. The maximum atomic E-state index is 12.8. The predicted molar refractivity (Wildman–Crippen MR) is 136 cm³/mol. The summed E-state index contributed by atoms with van der Waals surface area (Å²) in [6.07, 6.45) is 7.87. The molecule has 180 valence electrons. The summed E-state index contributed by atoms with van der Waals surface area (Å²) in [4.78, 5) is 24.7. The number of benzene rings is 1. The van der Waals surface area contributed by atoms with Crippen LogP contribution in [0.1, 0.15) is 67.5 Å². The normalized spacial score (nSPS) is 18.8. The van der Waals surface area contributed by atoms with Gasteiger partial charge in [0.2, 0.25) is 0 Å². The number of amides is 1. The number of nitrogens with zero attached hydrogens (tertiary/aromatic N) is 4. The first-order valence-corrected chi connectivity index (χ1v) is 12.4. The summed E-state index contributed by atoms with van der Waals surface area (Å²) in [6.45, 7) is 13.6. The molecule has 7 heteroatoms. The average Bonchev–Trinajstić information content (AvgIpc) is 3.33. The summed E-state index contributed by atoms with van der Waals surface area (Å²) in [7, 11) is 0. The van der Waals surface area contributed by atoms with Crippen molar-refractivity contribution in [3.05, 3.63) is 53.1 Å². The van der Waals surface area contributed by atoms with Gasteiger partial charge in [-0.2, -0.15) is 5.26 Å². The van der Waals surface area contributed by atoms with Crippen LogP contribution in [0.3, 0.4) is 0 Å². The molecule has 1 aromatic heterocycles. The van der Waals surface area contributed by atoms with Crippen LogP contribution in [0.2, 0.25) is 0 Å². The Hall–Kier alpha value is -2.95. The molecule has 1 amide bonds. The fraction of sp³-hybridized carbons (Fsp3) is 0.519. The molecular formula is C27H36N6O. The SMILES string of the molecule is CCN1CCN(CCc2ccc(NC(=O)c3ncc(C#N)[nH]3)c(C3=CCC(C)(C)CC3)c2)CC1. The third kappa shape index (κ3) is 5.94. The van der Waals surface area contributed by atoms with Crippen LogP contribution >= 0.6 is 0 Å². The number of carbonyl (C=O) groups excluding carboxylic acids is 1. The third-order valence-corrected chi connectivity index (χ3v) is 7.19. The van der Waals surface area contributed by atoms with Crippen LogP contribution in [0, 0.1) is 16.7 Å². The Morgan fingerprint density at radius 1 is 1.24 bits per heavy atom. The van der Waals surface area contributed by atoms with E-state index < -0.39 is 0 Å². The van der Waals surface area contributed by atoms with Gasteiger partial charge in [-0.15, -0.1) is 0 Å². The van der Waals surface area contributed by atoms with E-state index in [1.54, 1.807) is 0 Å². The van der Waals surface area contributed by atoms with E-state index in [2.05, 4.69) is 64.1 Å². The van der Waals surface area contributed by atoms with E-state index in [9.17, 15) is 4.79 Å². The van der Waals surface area contributed by atoms with Crippen molar-refractivity contribution in [3.63, 3.8) is 0 Å². The van der Waals surface area contributed by atoms with Crippen molar-refractivity contribution >= 4 is 17.2 Å². The fourth-order valence-corrected chi connectivity index (χ4v) is 4.73. The Morgan fingerprint density at radius 3 is 2.65 bits per heavy atom. The highest BCUT2D eigenvalue weighted by Gasteiger charge is 2.24. The topological polar surface area (TPSA) is 88.0 Å². The number of hydrogen-bond donors (Lipinski definition) is 2. The number of nitriles is 1. The van der Waals surface area contributed by atoms with Crippen molar-refractivity contribution in [3.8, 4) is 6.07 Å². The number of hydrogen-bond acceptors (Lipinski definition) is 5. The molecule has 34 heavy (non-hydrogen) atoms. The Balaban J connectivity index is 1.51. The number of carbonyl (C=O) groups is 1. The summed E-state index contributed by atoms with van der Waals surface area (Å²) in [6, 6.07) is 8.37. The molecule has 2 aliphatic rings. The minimum Gasteiger partial charge on any atom is -0.326 e. The van der Waals surface area contributed by atoms with Gasteiger partial charge in [0.1, 0.15) is 11.8 Å². The second kappa shape index (κ2) is 10.5. The quantitative estimate of drug-likeness (QED) is 0.643. The fourth-order valence-electron chi connectivity index (χ4n) is 4.73. The number of anilines is 1. The Labute approximate surface area is 202 Å². The lowest BCUT2D eigenvalue weighted by molar-refractivity contribution is 0.101. The van der Waals surface area contributed by atoms with Crippen LogP contribution in [0.15, 0.2) is 30.5 Å². The standard InChI is InChI=1S/C27H36N6O/c1-4-32-13-15-33(16-14-32)12-9-20-5-6-24(31-26(34)25-29-19-22(18-28)30-25)23(17-20)21-7-10-27(2,3)11-8-21/h5-7,17,19H,4,8-16H2,1-3H3,(H,29,30)(H,31,34). The van der Waals surface area contributed by atoms with Gasteiger partial charge in [-0.3, -0.25) is 4.79 Å². The van der Waals surface area contributed by atoms with Crippen LogP contribution in [0.5, 0.6) is 0 Å². The minimum atomic E-state index is -0.332. The summed E-state index contributed by atoms with van der Waals surface area (Å²) in [5, 5.41) is 12.0. The monoisotopic (exact) mass is 460 g/mol. The van der Waals surface area contributed by atoms with E-state index in [1.807, 2.05) is 12.1 Å². The van der Waals surface area contributed by atoms with Gasteiger partial charge in [-0.05, 0) is 60.9 Å². The zero-order chi connectivity index (χ0) is 24.1. The predicted octanol–water partition coefficient (Wildman–Crippen LogP) is 4.31. The molecule has 0 saturated carbocycles. The number of allylic oxidation sites excluding steroid dienone is 2. The Morgan fingerprint density at radius 2 is 2.00 bits per heavy atom. The maximum Gasteiger partial charge on any atom is 0.291 e. The van der Waals surface area contributed by atoms with Crippen LogP contribution in [0.4, 0.5) is 5.69 Å². The van der Waals surface area contributed by atoms with Gasteiger partial charge in [0.05, 0.1) is 6.20 Å². The van der Waals surface area contributed by atoms with Gasteiger partial charge in [0, 0.05) is 44.0 Å². The number of rotatable bonds is 7. The number of imidazole rings is 1. The molecule has 1 aliphatic heterocycles. The molecule has 1 saturated heterocycles. The number of likely N-dealkylation sites (N-methyl/N-ethyl adjacent to an activating group) is 1. The molecule has 0 unspecified atom stereocenters. The Bertz CT molecular complexity index is 1080. The smallest absolute Gasteiger partial charge is 0.291 e. The van der Waals surface area contributed by atoms with Crippen molar-refractivity contribution in [1.82, 2.24) is 19.8 Å². The molecule has 0 spiro atoms. The first-order chi connectivity index (χ1) is 16.4. The van der Waals surface area contributed by atoms with Crippen molar-refractivity contribution < 1.29 is 4.79 Å². The number of aromatic amines is 1. The lowest BCUT2D eigenvalue weighted by Crippen LogP contribution is -2.46. The van der Waals surface area contributed by atoms with Gasteiger partial charge < -0.3 is 20.1 Å². The summed E-state index contributed by atoms with van der Waals surface area (Å²) < 4.78 is 0. The molecule has 2 heterocycles. The van der Waals surface area contributed by atoms with Gasteiger partial charge in [0.25, 0.3) is 5.91 Å². The van der Waals surface area contributed by atoms with Crippen LogP contribution < -0.4 is 5.32 Å². The zero-order valence-corrected chi connectivity index (χ0v) is 20.7. The van der Waals surface area contributed by atoms with Crippen LogP contribution in [-0.2, 0) is 6.42 Å². The highest BCUT2D eigenvalue weighted by atomic mass is 16.2. The minimum absolute atomic E-state index is 0.150. The summed E-state index contributed by atoms with van der Waals surface area (Å²) in [5.41, 5.74) is 5.08. The molecule has 0 bridgehead atoms. The van der Waals surface area contributed by atoms with Crippen LogP contribution in [-0.4, -0.2) is 64.9 Å². The van der Waals surface area contributed by atoms with Crippen LogP contribution in [0.25, 0.3) is 5.57 Å². The van der Waals surface area contributed by atoms with E-state index in [-0.39, 0.29) is 17.4 Å². The highest BCUT2D eigenvalue weighted by molar-refractivity contribution is 6.03. The zero-order valence-electron chi connectivity index (χ0n) is 20.7. The lowest BCUT2D eigenvalue weighted by Gasteiger charge is -2.34. The number of piperazine rings is 1. The average molecular weight is 461 g/mol. The van der Waals surface area contributed by atoms with Crippen molar-refractivity contribution in [2.75, 3.05) is 44.6 Å². The van der Waals surface area contributed by atoms with Crippen molar-refractivity contribution in [1.29, 1.82) is 5.26 Å².